The first-order valence-electron chi connectivity index (χ1n) is 4.16. The van der Waals surface area contributed by atoms with Crippen molar-refractivity contribution in [2.45, 2.75) is 0 Å². The SMILES string of the molecule is C=C(O)c1nc2ccc(F)cc2c(=O)[nH]1. The summed E-state index contributed by atoms with van der Waals surface area (Å²) in [6.45, 7) is 3.24. The van der Waals surface area contributed by atoms with Gasteiger partial charge in [-0.1, -0.05) is 6.58 Å². The summed E-state index contributed by atoms with van der Waals surface area (Å²) in [5, 5.41) is 9.20. The van der Waals surface area contributed by atoms with Crippen molar-refractivity contribution < 1.29 is 9.50 Å². The van der Waals surface area contributed by atoms with Crippen molar-refractivity contribution in [1.29, 1.82) is 0 Å². The van der Waals surface area contributed by atoms with Gasteiger partial charge in [-0.25, -0.2) is 9.37 Å². The van der Waals surface area contributed by atoms with Gasteiger partial charge in [0.25, 0.3) is 5.56 Å². The van der Waals surface area contributed by atoms with E-state index in [4.69, 9.17) is 5.11 Å². The molecule has 0 fully saturated rings. The molecule has 1 aromatic heterocycles. The third-order valence-corrected chi connectivity index (χ3v) is 1.94. The maximum atomic E-state index is 12.8. The zero-order valence-electron chi connectivity index (χ0n) is 7.62. The molecule has 0 spiro atoms. The first kappa shape index (κ1) is 9.39. The number of nitrogens with zero attached hydrogens (tertiary/aromatic N) is 1. The second-order valence-electron chi connectivity index (χ2n) is 3.02. The highest BCUT2D eigenvalue weighted by Gasteiger charge is 2.06. The first-order valence-corrected chi connectivity index (χ1v) is 4.16. The summed E-state index contributed by atoms with van der Waals surface area (Å²) in [4.78, 5) is 17.6. The average molecular weight is 206 g/mol. The van der Waals surface area contributed by atoms with Crippen LogP contribution in [0, 0.1) is 5.82 Å². The van der Waals surface area contributed by atoms with Gasteiger partial charge in [0.05, 0.1) is 10.9 Å². The monoisotopic (exact) mass is 206 g/mol. The number of aliphatic hydroxyl groups is 1. The number of rotatable bonds is 1. The number of aromatic amines is 1. The molecule has 0 aliphatic carbocycles. The minimum absolute atomic E-state index is 0.0147. The molecule has 0 aliphatic rings. The molecule has 0 unspecified atom stereocenters. The molecule has 4 nitrogen and oxygen atoms in total. The lowest BCUT2D eigenvalue weighted by Gasteiger charge is -2.00. The Morgan fingerprint density at radius 1 is 1.53 bits per heavy atom. The van der Waals surface area contributed by atoms with Gasteiger partial charge in [0.1, 0.15) is 5.82 Å². The minimum atomic E-state index is -0.510. The Hall–Kier alpha value is -2.17. The van der Waals surface area contributed by atoms with Crippen LogP contribution in [-0.4, -0.2) is 15.1 Å². The molecule has 0 bridgehead atoms. The second-order valence-corrected chi connectivity index (χ2v) is 3.02. The molecule has 0 atom stereocenters. The molecule has 0 amide bonds. The Morgan fingerprint density at radius 3 is 2.93 bits per heavy atom. The highest BCUT2D eigenvalue weighted by Crippen LogP contribution is 2.10. The second kappa shape index (κ2) is 3.20. The van der Waals surface area contributed by atoms with Gasteiger partial charge in [-0.3, -0.25) is 4.79 Å². The third kappa shape index (κ3) is 1.59. The number of hydrogen-bond donors (Lipinski definition) is 2. The summed E-state index contributed by atoms with van der Waals surface area (Å²) < 4.78 is 12.8. The maximum Gasteiger partial charge on any atom is 0.259 e. The number of hydrogen-bond acceptors (Lipinski definition) is 3. The molecule has 15 heavy (non-hydrogen) atoms. The van der Waals surface area contributed by atoms with Crippen LogP contribution in [0.25, 0.3) is 16.7 Å². The van der Waals surface area contributed by atoms with Crippen LogP contribution in [0.3, 0.4) is 0 Å². The van der Waals surface area contributed by atoms with Gasteiger partial charge in [-0.15, -0.1) is 0 Å². The Morgan fingerprint density at radius 2 is 2.27 bits per heavy atom. The van der Waals surface area contributed by atoms with Gasteiger partial charge < -0.3 is 10.1 Å². The summed E-state index contributed by atoms with van der Waals surface area (Å²) >= 11 is 0. The van der Waals surface area contributed by atoms with Crippen LogP contribution in [0.2, 0.25) is 0 Å². The number of H-pyrrole nitrogens is 1. The van der Waals surface area contributed by atoms with E-state index in [2.05, 4.69) is 16.5 Å². The summed E-state index contributed by atoms with van der Waals surface area (Å²) in [7, 11) is 0. The Kier molecular flexibility index (Phi) is 2.00. The van der Waals surface area contributed by atoms with E-state index in [9.17, 15) is 9.18 Å². The molecule has 76 valence electrons. The van der Waals surface area contributed by atoms with Gasteiger partial charge in [-0.05, 0) is 18.2 Å². The van der Waals surface area contributed by atoms with Crippen LogP contribution in [0.4, 0.5) is 4.39 Å². The van der Waals surface area contributed by atoms with Crippen LogP contribution in [-0.2, 0) is 0 Å². The molecule has 0 radical (unpaired) electrons. The first-order chi connectivity index (χ1) is 7.08. The van der Waals surface area contributed by atoms with E-state index in [-0.39, 0.29) is 17.0 Å². The molecule has 2 N–H and O–H groups in total. The lowest BCUT2D eigenvalue weighted by Crippen LogP contribution is -2.11. The summed E-state index contributed by atoms with van der Waals surface area (Å²) in [6.07, 6.45) is 0. The molecule has 1 aromatic carbocycles. The number of benzene rings is 1. The Balaban J connectivity index is 2.84. The summed E-state index contributed by atoms with van der Waals surface area (Å²) in [5.74, 6) is -0.859. The topological polar surface area (TPSA) is 66.0 Å². The van der Waals surface area contributed by atoms with E-state index in [0.29, 0.717) is 5.52 Å². The van der Waals surface area contributed by atoms with Crippen LogP contribution in [0.5, 0.6) is 0 Å². The smallest absolute Gasteiger partial charge is 0.259 e. The number of aliphatic hydroxyl groups excluding tert-OH is 1. The van der Waals surface area contributed by atoms with Crippen molar-refractivity contribution in [3.05, 3.63) is 46.8 Å². The average Bonchev–Trinajstić information content (AvgIpc) is 2.18. The zero-order chi connectivity index (χ0) is 11.0. The van der Waals surface area contributed by atoms with E-state index in [1.165, 1.54) is 12.1 Å². The highest BCUT2D eigenvalue weighted by atomic mass is 19.1. The molecule has 5 heteroatoms. The quantitative estimate of drug-likeness (QED) is 0.696. The van der Waals surface area contributed by atoms with Gasteiger partial charge in [0.15, 0.2) is 11.6 Å². The van der Waals surface area contributed by atoms with E-state index in [1.54, 1.807) is 0 Å². The fourth-order valence-corrected chi connectivity index (χ4v) is 1.25. The number of nitrogens with one attached hydrogen (secondary N) is 1. The van der Waals surface area contributed by atoms with E-state index >= 15 is 0 Å². The number of aromatic nitrogens is 2. The van der Waals surface area contributed by atoms with Crippen molar-refractivity contribution in [3.8, 4) is 0 Å². The normalized spacial score (nSPS) is 10.5. The Bertz CT molecular complexity index is 604. The Labute approximate surface area is 83.7 Å². The van der Waals surface area contributed by atoms with Crippen LogP contribution in [0.1, 0.15) is 5.82 Å². The van der Waals surface area contributed by atoms with Crippen molar-refractivity contribution in [2.75, 3.05) is 0 Å². The lowest BCUT2D eigenvalue weighted by atomic mass is 10.2. The fraction of sp³-hybridized carbons (Fsp3) is 0. The van der Waals surface area contributed by atoms with E-state index in [0.717, 1.165) is 6.07 Å². The molecule has 2 rings (SSSR count). The molecular weight excluding hydrogens is 199 g/mol. The van der Waals surface area contributed by atoms with Crippen molar-refractivity contribution in [1.82, 2.24) is 9.97 Å². The van der Waals surface area contributed by atoms with Gasteiger partial charge >= 0.3 is 0 Å². The third-order valence-electron chi connectivity index (χ3n) is 1.94. The molecule has 0 saturated carbocycles. The predicted molar refractivity (Wildman–Crippen MR) is 54.0 cm³/mol. The highest BCUT2D eigenvalue weighted by molar-refractivity contribution is 5.78. The van der Waals surface area contributed by atoms with Gasteiger partial charge in [-0.2, -0.15) is 0 Å². The summed E-state index contributed by atoms with van der Waals surface area (Å²) in [6, 6.07) is 3.65. The van der Waals surface area contributed by atoms with Gasteiger partial charge in [0.2, 0.25) is 0 Å². The predicted octanol–water partition coefficient (Wildman–Crippen LogP) is 1.59. The van der Waals surface area contributed by atoms with Crippen LogP contribution in [0.15, 0.2) is 29.6 Å². The van der Waals surface area contributed by atoms with Crippen molar-refractivity contribution in [2.24, 2.45) is 0 Å². The number of fused-ring (bicyclic) bond motifs is 1. The fourth-order valence-electron chi connectivity index (χ4n) is 1.25. The zero-order valence-corrected chi connectivity index (χ0v) is 7.62. The van der Waals surface area contributed by atoms with E-state index in [1.807, 2.05) is 0 Å². The van der Waals surface area contributed by atoms with Crippen LogP contribution >= 0.6 is 0 Å². The minimum Gasteiger partial charge on any atom is -0.505 e. The molecule has 1 heterocycles. The van der Waals surface area contributed by atoms with Crippen molar-refractivity contribution in [3.63, 3.8) is 0 Å². The molecule has 0 aliphatic heterocycles. The lowest BCUT2D eigenvalue weighted by molar-refractivity contribution is 0.507. The van der Waals surface area contributed by atoms with Crippen LogP contribution < -0.4 is 5.56 Å². The van der Waals surface area contributed by atoms with Crippen molar-refractivity contribution >= 4 is 16.7 Å². The van der Waals surface area contributed by atoms with E-state index < -0.39 is 11.4 Å². The molecular formula is C10H7FN2O2. The maximum absolute atomic E-state index is 12.8. The largest absolute Gasteiger partial charge is 0.505 e. The van der Waals surface area contributed by atoms with Gasteiger partial charge in [0, 0.05) is 0 Å². The molecule has 2 aromatic rings. The molecule has 0 saturated heterocycles. The number of halogens is 1. The standard InChI is InChI=1S/C10H7FN2O2/c1-5(14)9-12-8-3-2-6(11)4-7(8)10(15)13-9/h2-4,14H,1H2,(H,12,13,15). The summed E-state index contributed by atoms with van der Waals surface area (Å²) in [5.41, 5.74) is -0.199.